The number of halogens is 1. The van der Waals surface area contributed by atoms with E-state index in [9.17, 15) is 18.5 Å². The molecule has 1 unspecified atom stereocenters. The first kappa shape index (κ1) is 18.4. The van der Waals surface area contributed by atoms with Gasteiger partial charge in [0.25, 0.3) is 5.69 Å². The highest BCUT2D eigenvalue weighted by atomic mass is 79.9. The van der Waals surface area contributed by atoms with Crippen molar-refractivity contribution in [1.82, 2.24) is 4.72 Å². The largest absolute Gasteiger partial charge is 0.373 e. The molecule has 2 aromatic carbocycles. The monoisotopic (exact) mass is 413 g/mol. The lowest BCUT2D eigenvalue weighted by Gasteiger charge is -2.17. The third-order valence-electron chi connectivity index (χ3n) is 3.47. The highest BCUT2D eigenvalue weighted by molar-refractivity contribution is 9.10. The van der Waals surface area contributed by atoms with E-state index >= 15 is 0 Å². The number of nitro groups is 1. The molecular formula is C15H16BrN3O4S. The Hall–Kier alpha value is -1.97. The van der Waals surface area contributed by atoms with E-state index < -0.39 is 14.9 Å². The van der Waals surface area contributed by atoms with Gasteiger partial charge in [0.05, 0.1) is 9.82 Å². The molecule has 0 saturated carbocycles. The summed E-state index contributed by atoms with van der Waals surface area (Å²) >= 11 is 3.21. The lowest BCUT2D eigenvalue weighted by molar-refractivity contribution is -0.384. The van der Waals surface area contributed by atoms with Gasteiger partial charge in [0.2, 0.25) is 10.0 Å². The Labute approximate surface area is 148 Å². The minimum absolute atomic E-state index is 0.0600. The fourth-order valence-corrected chi connectivity index (χ4v) is 3.30. The van der Waals surface area contributed by atoms with E-state index in [1.807, 2.05) is 0 Å². The summed E-state index contributed by atoms with van der Waals surface area (Å²) in [5, 5.41) is 14.2. The average molecular weight is 414 g/mol. The summed E-state index contributed by atoms with van der Waals surface area (Å²) in [6, 6.07) is 10.8. The van der Waals surface area contributed by atoms with Crippen molar-refractivity contribution < 1.29 is 13.3 Å². The second-order valence-corrected chi connectivity index (χ2v) is 7.87. The molecule has 1 atom stereocenters. The van der Waals surface area contributed by atoms with Crippen molar-refractivity contribution in [3.8, 4) is 0 Å². The normalized spacial score (nSPS) is 12.6. The number of rotatable bonds is 6. The second kappa shape index (κ2) is 7.29. The van der Waals surface area contributed by atoms with E-state index in [1.165, 1.54) is 25.2 Å². The van der Waals surface area contributed by atoms with E-state index in [2.05, 4.69) is 26.0 Å². The van der Waals surface area contributed by atoms with Crippen molar-refractivity contribution in [3.63, 3.8) is 0 Å². The minimum Gasteiger partial charge on any atom is -0.373 e. The number of nitrogens with zero attached hydrogens (tertiary/aromatic N) is 1. The molecule has 7 nitrogen and oxygen atoms in total. The van der Waals surface area contributed by atoms with E-state index in [-0.39, 0.29) is 16.6 Å². The van der Waals surface area contributed by atoms with E-state index in [0.29, 0.717) is 15.7 Å². The van der Waals surface area contributed by atoms with E-state index in [1.54, 1.807) is 31.2 Å². The van der Waals surface area contributed by atoms with Crippen LogP contribution in [0.5, 0.6) is 0 Å². The topological polar surface area (TPSA) is 101 Å². The molecule has 0 bridgehead atoms. The highest BCUT2D eigenvalue weighted by Crippen LogP contribution is 2.31. The Balaban J connectivity index is 2.33. The van der Waals surface area contributed by atoms with Crippen LogP contribution in [0.3, 0.4) is 0 Å². The molecule has 0 aromatic heterocycles. The van der Waals surface area contributed by atoms with Gasteiger partial charge in [-0.3, -0.25) is 10.1 Å². The maximum Gasteiger partial charge on any atom is 0.293 e. The number of benzene rings is 2. The molecule has 0 saturated heterocycles. The summed E-state index contributed by atoms with van der Waals surface area (Å²) in [5.41, 5.74) is 0.997. The molecule has 0 amide bonds. The number of sulfonamides is 1. The van der Waals surface area contributed by atoms with Crippen molar-refractivity contribution in [2.75, 3.05) is 12.4 Å². The van der Waals surface area contributed by atoms with Gasteiger partial charge in [-0.05, 0) is 43.8 Å². The third-order valence-corrected chi connectivity index (χ3v) is 5.37. The van der Waals surface area contributed by atoms with Crippen LogP contribution in [0.4, 0.5) is 11.4 Å². The Bertz CT molecular complexity index is 871. The minimum atomic E-state index is -3.55. The van der Waals surface area contributed by atoms with Crippen molar-refractivity contribution in [1.29, 1.82) is 0 Å². The highest BCUT2D eigenvalue weighted by Gasteiger charge is 2.18. The fraction of sp³-hybridized carbons (Fsp3) is 0.200. The van der Waals surface area contributed by atoms with Crippen LogP contribution in [0.1, 0.15) is 18.5 Å². The fourth-order valence-electron chi connectivity index (χ4n) is 2.16. The first-order chi connectivity index (χ1) is 11.2. The molecule has 128 valence electrons. The molecule has 9 heteroatoms. The summed E-state index contributed by atoms with van der Waals surface area (Å²) in [6.07, 6.45) is 0. The predicted octanol–water partition coefficient (Wildman–Crippen LogP) is 3.44. The van der Waals surface area contributed by atoms with Crippen LogP contribution in [0.25, 0.3) is 0 Å². The van der Waals surface area contributed by atoms with Crippen molar-refractivity contribution >= 4 is 37.3 Å². The zero-order valence-corrected chi connectivity index (χ0v) is 15.4. The van der Waals surface area contributed by atoms with Gasteiger partial charge in [-0.2, -0.15) is 0 Å². The van der Waals surface area contributed by atoms with Crippen LogP contribution >= 0.6 is 15.9 Å². The van der Waals surface area contributed by atoms with E-state index in [0.717, 1.165) is 0 Å². The van der Waals surface area contributed by atoms with Crippen LogP contribution in [-0.4, -0.2) is 20.4 Å². The van der Waals surface area contributed by atoms with Crippen LogP contribution in [0.15, 0.2) is 51.8 Å². The van der Waals surface area contributed by atoms with Gasteiger partial charge in [0.15, 0.2) is 0 Å². The smallest absolute Gasteiger partial charge is 0.293 e. The first-order valence-electron chi connectivity index (χ1n) is 6.98. The third kappa shape index (κ3) is 4.11. The standard InChI is InChI=1S/C15H16BrN3O4S/c1-10(11-4-3-5-13(8-11)24(22,23)17-2)18-14-7-6-12(16)9-15(14)19(20)21/h3-10,17-18H,1-2H3. The molecule has 0 aliphatic carbocycles. The molecule has 2 aromatic rings. The quantitative estimate of drug-likeness (QED) is 0.557. The average Bonchev–Trinajstić information content (AvgIpc) is 2.56. The molecule has 0 heterocycles. The number of hydrogen-bond donors (Lipinski definition) is 2. The lowest BCUT2D eigenvalue weighted by atomic mass is 10.1. The van der Waals surface area contributed by atoms with Gasteiger partial charge in [-0.25, -0.2) is 13.1 Å². The summed E-state index contributed by atoms with van der Waals surface area (Å²) < 4.78 is 26.6. The molecule has 0 aliphatic heterocycles. The lowest BCUT2D eigenvalue weighted by Crippen LogP contribution is -2.19. The Morgan fingerprint density at radius 2 is 1.92 bits per heavy atom. The number of nitrogens with one attached hydrogen (secondary N) is 2. The number of nitro benzene ring substituents is 1. The van der Waals surface area contributed by atoms with Crippen LogP contribution < -0.4 is 10.0 Å². The predicted molar refractivity (Wildman–Crippen MR) is 95.5 cm³/mol. The molecule has 0 radical (unpaired) electrons. The van der Waals surface area contributed by atoms with Gasteiger partial charge in [0.1, 0.15) is 5.69 Å². The maximum absolute atomic E-state index is 11.9. The van der Waals surface area contributed by atoms with Gasteiger partial charge in [0, 0.05) is 16.6 Å². The van der Waals surface area contributed by atoms with Gasteiger partial charge in [-0.15, -0.1) is 0 Å². The number of hydrogen-bond acceptors (Lipinski definition) is 5. The molecule has 0 fully saturated rings. The maximum atomic E-state index is 11.9. The zero-order chi connectivity index (χ0) is 17.9. The Morgan fingerprint density at radius 3 is 2.54 bits per heavy atom. The van der Waals surface area contributed by atoms with E-state index in [4.69, 9.17) is 0 Å². The number of anilines is 1. The van der Waals surface area contributed by atoms with Crippen molar-refractivity contribution in [2.24, 2.45) is 0 Å². The molecule has 24 heavy (non-hydrogen) atoms. The molecule has 0 aliphatic rings. The van der Waals surface area contributed by atoms with Crippen LogP contribution in [0.2, 0.25) is 0 Å². The van der Waals surface area contributed by atoms with Crippen LogP contribution in [0, 0.1) is 10.1 Å². The summed E-state index contributed by atoms with van der Waals surface area (Å²) in [6.45, 7) is 1.80. The Morgan fingerprint density at radius 1 is 1.21 bits per heavy atom. The molecule has 2 rings (SSSR count). The molecular weight excluding hydrogens is 398 g/mol. The summed E-state index contributed by atoms with van der Waals surface area (Å²) in [7, 11) is -2.20. The van der Waals surface area contributed by atoms with Gasteiger partial charge < -0.3 is 5.32 Å². The van der Waals surface area contributed by atoms with Gasteiger partial charge in [-0.1, -0.05) is 28.1 Å². The molecule has 2 N–H and O–H groups in total. The summed E-state index contributed by atoms with van der Waals surface area (Å²) in [4.78, 5) is 10.8. The van der Waals surface area contributed by atoms with Crippen molar-refractivity contribution in [2.45, 2.75) is 17.9 Å². The second-order valence-electron chi connectivity index (χ2n) is 5.06. The molecule has 0 spiro atoms. The summed E-state index contributed by atoms with van der Waals surface area (Å²) in [5.74, 6) is 0. The van der Waals surface area contributed by atoms with Crippen molar-refractivity contribution in [3.05, 3.63) is 62.6 Å². The van der Waals surface area contributed by atoms with Crippen LogP contribution in [-0.2, 0) is 10.0 Å². The Kier molecular flexibility index (Phi) is 5.58. The zero-order valence-electron chi connectivity index (χ0n) is 13.0. The van der Waals surface area contributed by atoms with Gasteiger partial charge >= 0.3 is 0 Å². The SMILES string of the molecule is CNS(=O)(=O)c1cccc(C(C)Nc2ccc(Br)cc2[N+](=O)[O-])c1. The first-order valence-corrected chi connectivity index (χ1v) is 9.26.